The fourth-order valence-electron chi connectivity index (χ4n) is 7.63. The van der Waals surface area contributed by atoms with Crippen molar-refractivity contribution in [3.63, 3.8) is 0 Å². The fraction of sp³-hybridized carbons (Fsp3) is 0.241. The second kappa shape index (κ2) is 24.4. The maximum Gasteiger partial charge on any atom is 0.203 e. The van der Waals surface area contributed by atoms with Crippen molar-refractivity contribution in [1.29, 1.82) is 0 Å². The molecule has 12 nitrogen and oxygen atoms in total. The third-order valence-corrected chi connectivity index (χ3v) is 11.1. The zero-order valence-electron chi connectivity index (χ0n) is 41.6. The fourth-order valence-corrected chi connectivity index (χ4v) is 7.63. The summed E-state index contributed by atoms with van der Waals surface area (Å²) in [5, 5.41) is 0. The van der Waals surface area contributed by atoms with E-state index in [0.717, 1.165) is 44.5 Å². The molecule has 6 aromatic carbocycles. The molecule has 0 aromatic heterocycles. The number of hydrogen-bond acceptors (Lipinski definition) is 12. The molecule has 360 valence electrons. The van der Waals surface area contributed by atoms with Crippen molar-refractivity contribution in [2.24, 2.45) is 0 Å². The lowest BCUT2D eigenvalue weighted by Gasteiger charge is -2.18. The molecule has 0 heterocycles. The number of methoxy groups -OCH3 is 12. The highest BCUT2D eigenvalue weighted by Gasteiger charge is 2.20. The molecule has 0 aliphatic rings. The first kappa shape index (κ1) is 50.7. The van der Waals surface area contributed by atoms with Crippen molar-refractivity contribution in [3.05, 3.63) is 147 Å². The van der Waals surface area contributed by atoms with Gasteiger partial charge in [-0.2, -0.15) is 0 Å². The normalized spacial score (nSPS) is 10.6. The van der Waals surface area contributed by atoms with Crippen LogP contribution in [0.3, 0.4) is 0 Å². The molecule has 0 saturated carbocycles. The second-order valence-corrected chi connectivity index (χ2v) is 15.1. The van der Waals surface area contributed by atoms with Crippen LogP contribution < -0.4 is 56.8 Å². The zero-order valence-corrected chi connectivity index (χ0v) is 41.6. The van der Waals surface area contributed by atoms with E-state index in [0.29, 0.717) is 93.0 Å². The predicted octanol–water partition coefficient (Wildman–Crippen LogP) is 9.88. The van der Waals surface area contributed by atoms with Gasteiger partial charge in [-0.25, -0.2) is 0 Å². The van der Waals surface area contributed by atoms with Gasteiger partial charge in [-0.1, -0.05) is 47.7 Å². The summed E-state index contributed by atoms with van der Waals surface area (Å²) in [5.41, 5.74) is 8.23. The van der Waals surface area contributed by atoms with Crippen molar-refractivity contribution in [3.8, 4) is 105 Å². The Morgan fingerprint density at radius 1 is 0.300 bits per heavy atom. The van der Waals surface area contributed by atoms with Crippen LogP contribution in [0, 0.1) is 35.5 Å². The Kier molecular flexibility index (Phi) is 17.7. The van der Waals surface area contributed by atoms with Gasteiger partial charge in [0.2, 0.25) is 23.0 Å². The first-order chi connectivity index (χ1) is 34.1. The molecular formula is C58H56O12. The first-order valence-electron chi connectivity index (χ1n) is 21.8. The smallest absolute Gasteiger partial charge is 0.203 e. The maximum atomic E-state index is 5.79. The van der Waals surface area contributed by atoms with Gasteiger partial charge in [-0.15, -0.1) is 0 Å². The molecule has 6 rings (SSSR count). The van der Waals surface area contributed by atoms with Gasteiger partial charge in [0.25, 0.3) is 0 Å². The third kappa shape index (κ3) is 11.9. The summed E-state index contributed by atoms with van der Waals surface area (Å²) < 4.78 is 67.6. The maximum absolute atomic E-state index is 5.79. The van der Waals surface area contributed by atoms with Crippen molar-refractivity contribution >= 4 is 5.57 Å². The number of benzene rings is 6. The summed E-state index contributed by atoms with van der Waals surface area (Å²) >= 11 is 0. The highest BCUT2D eigenvalue weighted by molar-refractivity contribution is 5.77. The van der Waals surface area contributed by atoms with E-state index >= 15 is 0 Å². The number of rotatable bonds is 17. The Labute approximate surface area is 410 Å². The Balaban J connectivity index is 1.50. The van der Waals surface area contributed by atoms with Gasteiger partial charge >= 0.3 is 0 Å². The van der Waals surface area contributed by atoms with Gasteiger partial charge in [-0.05, 0) is 114 Å². The van der Waals surface area contributed by atoms with E-state index in [2.05, 4.69) is 35.5 Å². The molecule has 0 bridgehead atoms. The molecule has 0 N–H and O–H groups in total. The van der Waals surface area contributed by atoms with Crippen LogP contribution in [-0.2, 0) is 12.8 Å². The van der Waals surface area contributed by atoms with Crippen LogP contribution in [0.1, 0.15) is 44.5 Å². The standard InChI is InChI=1S/C58H56O12/c1-59-47-29-40(30-48(60-2)55(47)67-9)19-17-37-13-15-38(16-14-37)23-26-45(27-42-33-51(63-5)57(69-11)52(34-42)64-6)46(28-43-35-53(65-7)58(70-12)54(36-43)66-8)44-24-21-39(22-25-44)18-20-41-31-49(61-3)56(68-10)50(32-41)62-4/h13-16,21-22,24-25,29-36H,27-28H2,1-12H3/b46-45-. The monoisotopic (exact) mass is 944 g/mol. The minimum atomic E-state index is 0.393. The summed E-state index contributed by atoms with van der Waals surface area (Å²) in [6, 6.07) is 30.8. The summed E-state index contributed by atoms with van der Waals surface area (Å²) in [5.74, 6) is 26.2. The molecule has 0 spiro atoms. The average Bonchev–Trinajstić information content (AvgIpc) is 3.41. The van der Waals surface area contributed by atoms with E-state index in [1.165, 1.54) is 0 Å². The Morgan fingerprint density at radius 3 is 0.886 bits per heavy atom. The lowest BCUT2D eigenvalue weighted by atomic mass is 9.89. The minimum Gasteiger partial charge on any atom is -0.493 e. The highest BCUT2D eigenvalue weighted by Crippen LogP contribution is 2.43. The van der Waals surface area contributed by atoms with Gasteiger partial charge in [-0.3, -0.25) is 0 Å². The van der Waals surface area contributed by atoms with Gasteiger partial charge in [0.15, 0.2) is 46.0 Å². The van der Waals surface area contributed by atoms with Crippen LogP contribution in [0.15, 0.2) is 103 Å². The van der Waals surface area contributed by atoms with Gasteiger partial charge in [0.1, 0.15) is 0 Å². The van der Waals surface area contributed by atoms with Crippen LogP contribution in [0.2, 0.25) is 0 Å². The Hall–Kier alpha value is -8.66. The van der Waals surface area contributed by atoms with Crippen molar-refractivity contribution < 1.29 is 56.8 Å². The summed E-state index contributed by atoms with van der Waals surface area (Å²) in [6.45, 7) is 0. The number of allylic oxidation sites excluding steroid dienone is 2. The predicted molar refractivity (Wildman–Crippen MR) is 270 cm³/mol. The number of ether oxygens (including phenoxy) is 12. The molecule has 0 radical (unpaired) electrons. The topological polar surface area (TPSA) is 111 Å². The van der Waals surface area contributed by atoms with Crippen LogP contribution in [0.5, 0.6) is 69.0 Å². The average molecular weight is 945 g/mol. The summed E-state index contributed by atoms with van der Waals surface area (Å²) in [4.78, 5) is 0. The summed E-state index contributed by atoms with van der Waals surface area (Å²) in [7, 11) is 19.0. The second-order valence-electron chi connectivity index (χ2n) is 15.1. The quantitative estimate of drug-likeness (QED) is 0.0812. The van der Waals surface area contributed by atoms with E-state index in [9.17, 15) is 0 Å². The van der Waals surface area contributed by atoms with E-state index in [1.54, 1.807) is 85.3 Å². The SMILES string of the molecule is COc1cc(C#Cc2ccc(C#C/C(Cc3cc(OC)c(OC)c(OC)c3)=C(\Cc3cc(OC)c(OC)c(OC)c3)c3ccc(C#Cc4cc(OC)c(OC)c(OC)c4)cc3)cc2)cc(OC)c1OC. The first-order valence-corrected chi connectivity index (χ1v) is 21.8. The molecule has 12 heteroatoms. The highest BCUT2D eigenvalue weighted by atomic mass is 16.5. The molecule has 0 saturated heterocycles. The van der Waals surface area contributed by atoms with E-state index in [-0.39, 0.29) is 0 Å². The van der Waals surface area contributed by atoms with Crippen molar-refractivity contribution in [2.75, 3.05) is 85.3 Å². The minimum absolute atomic E-state index is 0.393. The van der Waals surface area contributed by atoms with E-state index in [4.69, 9.17) is 56.8 Å². The lowest BCUT2D eigenvalue weighted by Crippen LogP contribution is -2.03. The van der Waals surface area contributed by atoms with Crippen molar-refractivity contribution in [1.82, 2.24) is 0 Å². The van der Waals surface area contributed by atoms with Crippen LogP contribution in [0.4, 0.5) is 0 Å². The van der Waals surface area contributed by atoms with Gasteiger partial charge < -0.3 is 56.8 Å². The van der Waals surface area contributed by atoms with Crippen LogP contribution in [0.25, 0.3) is 5.57 Å². The molecule has 0 fully saturated rings. The summed E-state index contributed by atoms with van der Waals surface area (Å²) in [6.07, 6.45) is 0.821. The molecule has 0 atom stereocenters. The Bertz CT molecular complexity index is 2930. The molecule has 0 aliphatic heterocycles. The van der Waals surface area contributed by atoms with E-state index in [1.807, 2.05) is 97.1 Å². The largest absolute Gasteiger partial charge is 0.493 e. The molecular weight excluding hydrogens is 889 g/mol. The van der Waals surface area contributed by atoms with Crippen molar-refractivity contribution in [2.45, 2.75) is 12.8 Å². The molecule has 70 heavy (non-hydrogen) atoms. The molecule has 6 aromatic rings. The molecule has 0 amide bonds. The lowest BCUT2D eigenvalue weighted by molar-refractivity contribution is 0.324. The van der Waals surface area contributed by atoms with Crippen LogP contribution in [-0.4, -0.2) is 85.3 Å². The Morgan fingerprint density at radius 2 is 0.571 bits per heavy atom. The third-order valence-electron chi connectivity index (χ3n) is 11.1. The molecule has 0 aliphatic carbocycles. The molecule has 0 unspecified atom stereocenters. The zero-order chi connectivity index (χ0) is 50.2. The van der Waals surface area contributed by atoms with Crippen LogP contribution >= 0.6 is 0 Å². The van der Waals surface area contributed by atoms with Gasteiger partial charge in [0, 0.05) is 39.8 Å². The number of hydrogen-bond donors (Lipinski definition) is 0. The van der Waals surface area contributed by atoms with Gasteiger partial charge in [0.05, 0.1) is 85.3 Å². The van der Waals surface area contributed by atoms with E-state index < -0.39 is 0 Å².